The van der Waals surface area contributed by atoms with Crippen molar-refractivity contribution in [3.8, 4) is 0 Å². The third kappa shape index (κ3) is 5.41. The maximum Gasteiger partial charge on any atom is 0.241 e. The Hall–Kier alpha value is -2.22. The van der Waals surface area contributed by atoms with Gasteiger partial charge in [-0.25, -0.2) is 13.6 Å². The minimum absolute atomic E-state index is 0.0142. The van der Waals surface area contributed by atoms with Gasteiger partial charge in [0.15, 0.2) is 0 Å². The summed E-state index contributed by atoms with van der Waals surface area (Å²) in [6.45, 7) is 3.64. The number of rotatable bonds is 6. The maximum atomic E-state index is 12.6. The lowest BCUT2D eigenvalue weighted by molar-refractivity contribution is -0.121. The van der Waals surface area contributed by atoms with Gasteiger partial charge >= 0.3 is 0 Å². The van der Waals surface area contributed by atoms with Crippen molar-refractivity contribution in [1.82, 2.24) is 4.90 Å². The highest BCUT2D eigenvalue weighted by molar-refractivity contribution is 7.89. The van der Waals surface area contributed by atoms with Gasteiger partial charge in [0.05, 0.1) is 10.9 Å². The zero-order valence-electron chi connectivity index (χ0n) is 16.0. The van der Waals surface area contributed by atoms with E-state index in [1.807, 2.05) is 13.0 Å². The molecule has 150 valence electrons. The molecule has 1 saturated heterocycles. The number of sulfonamides is 1. The Labute approximate surface area is 166 Å². The largest absolute Gasteiger partial charge is 0.325 e. The molecule has 0 aliphatic carbocycles. The lowest BCUT2D eigenvalue weighted by Crippen LogP contribution is -2.46. The first-order chi connectivity index (χ1) is 13.3. The molecule has 0 aromatic heterocycles. The number of amides is 1. The van der Waals surface area contributed by atoms with E-state index in [0.29, 0.717) is 11.6 Å². The van der Waals surface area contributed by atoms with E-state index in [-0.39, 0.29) is 16.8 Å². The van der Waals surface area contributed by atoms with E-state index in [2.05, 4.69) is 34.5 Å². The van der Waals surface area contributed by atoms with Crippen molar-refractivity contribution in [2.24, 2.45) is 11.1 Å². The van der Waals surface area contributed by atoms with Gasteiger partial charge in [-0.2, -0.15) is 0 Å². The van der Waals surface area contributed by atoms with Crippen molar-refractivity contribution in [2.75, 3.05) is 18.4 Å². The zero-order valence-corrected chi connectivity index (χ0v) is 16.9. The Morgan fingerprint density at radius 3 is 2.46 bits per heavy atom. The molecule has 1 aliphatic rings. The average Bonchev–Trinajstić information content (AvgIpc) is 2.68. The fourth-order valence-electron chi connectivity index (χ4n) is 3.66. The number of hydrogen-bond acceptors (Lipinski definition) is 4. The molecule has 1 heterocycles. The van der Waals surface area contributed by atoms with Gasteiger partial charge in [-0.15, -0.1) is 0 Å². The van der Waals surface area contributed by atoms with Crippen molar-refractivity contribution in [3.05, 3.63) is 60.2 Å². The average molecular weight is 402 g/mol. The van der Waals surface area contributed by atoms with Crippen LogP contribution < -0.4 is 10.5 Å². The lowest BCUT2D eigenvalue weighted by atomic mass is 9.89. The molecular formula is C21H27N3O3S. The Bertz CT molecular complexity index is 908. The van der Waals surface area contributed by atoms with Crippen LogP contribution in [0.25, 0.3) is 0 Å². The molecule has 0 unspecified atom stereocenters. The molecule has 0 radical (unpaired) electrons. The Kier molecular flexibility index (Phi) is 6.49. The van der Waals surface area contributed by atoms with Crippen LogP contribution in [0, 0.1) is 5.92 Å². The third-order valence-electron chi connectivity index (χ3n) is 5.37. The molecule has 3 N–H and O–H groups in total. The minimum Gasteiger partial charge on any atom is -0.325 e. The first-order valence-corrected chi connectivity index (χ1v) is 11.1. The number of likely N-dealkylation sites (tertiary alicyclic amines) is 1. The van der Waals surface area contributed by atoms with Crippen LogP contribution in [0.1, 0.15) is 25.3 Å². The van der Waals surface area contributed by atoms with Crippen LogP contribution in [0.2, 0.25) is 0 Å². The molecule has 0 bridgehead atoms. The van der Waals surface area contributed by atoms with Gasteiger partial charge in [-0.1, -0.05) is 36.4 Å². The van der Waals surface area contributed by atoms with Crippen molar-refractivity contribution in [1.29, 1.82) is 0 Å². The molecule has 2 aromatic carbocycles. The number of carbonyl (C=O) groups excluding carboxylic acids is 1. The summed E-state index contributed by atoms with van der Waals surface area (Å²) in [5.74, 6) is 0.494. The summed E-state index contributed by atoms with van der Waals surface area (Å²) < 4.78 is 22.9. The van der Waals surface area contributed by atoms with Gasteiger partial charge in [0.25, 0.3) is 0 Å². The molecule has 7 heteroatoms. The topological polar surface area (TPSA) is 92.5 Å². The van der Waals surface area contributed by atoms with E-state index in [4.69, 9.17) is 5.14 Å². The van der Waals surface area contributed by atoms with Crippen LogP contribution in [-0.4, -0.2) is 38.4 Å². The standard InChI is InChI=1S/C21H27N3O3S/c1-16(21(25)23-19-8-5-9-20(15-19)28(22,26)27)24-12-10-18(11-13-24)14-17-6-3-2-4-7-17/h2-9,15-16,18H,10-14H2,1H3,(H,23,25)(H2,22,26,27)/t16-/m0/s1. The second-order valence-electron chi connectivity index (χ2n) is 7.41. The number of piperidine rings is 1. The van der Waals surface area contributed by atoms with E-state index >= 15 is 0 Å². The second kappa shape index (κ2) is 8.86. The fraction of sp³-hybridized carbons (Fsp3) is 0.381. The number of nitrogens with zero attached hydrogens (tertiary/aromatic N) is 1. The van der Waals surface area contributed by atoms with E-state index in [1.54, 1.807) is 12.1 Å². The van der Waals surface area contributed by atoms with Crippen molar-refractivity contribution < 1.29 is 13.2 Å². The van der Waals surface area contributed by atoms with Crippen LogP contribution in [0.3, 0.4) is 0 Å². The van der Waals surface area contributed by atoms with E-state index in [0.717, 1.165) is 32.4 Å². The number of benzene rings is 2. The van der Waals surface area contributed by atoms with E-state index < -0.39 is 10.0 Å². The van der Waals surface area contributed by atoms with Gasteiger partial charge in [0, 0.05) is 5.69 Å². The number of anilines is 1. The highest BCUT2D eigenvalue weighted by Crippen LogP contribution is 2.23. The van der Waals surface area contributed by atoms with Crippen molar-refractivity contribution in [3.63, 3.8) is 0 Å². The lowest BCUT2D eigenvalue weighted by Gasteiger charge is -2.35. The number of nitrogens with two attached hydrogens (primary N) is 1. The SMILES string of the molecule is C[C@@H](C(=O)Nc1cccc(S(N)(=O)=O)c1)N1CCC(Cc2ccccc2)CC1. The quantitative estimate of drug-likeness (QED) is 0.778. The second-order valence-corrected chi connectivity index (χ2v) is 8.97. The van der Waals surface area contributed by atoms with Crippen LogP contribution in [0.4, 0.5) is 5.69 Å². The minimum atomic E-state index is -3.80. The van der Waals surface area contributed by atoms with Crippen LogP contribution in [-0.2, 0) is 21.2 Å². The molecular weight excluding hydrogens is 374 g/mol. The Morgan fingerprint density at radius 1 is 1.14 bits per heavy atom. The monoisotopic (exact) mass is 401 g/mol. The number of hydrogen-bond donors (Lipinski definition) is 2. The Morgan fingerprint density at radius 2 is 1.82 bits per heavy atom. The summed E-state index contributed by atoms with van der Waals surface area (Å²) in [7, 11) is -3.80. The number of primary sulfonamides is 1. The summed E-state index contributed by atoms with van der Waals surface area (Å²) in [6.07, 6.45) is 3.20. The molecule has 3 rings (SSSR count). The molecule has 0 spiro atoms. The highest BCUT2D eigenvalue weighted by Gasteiger charge is 2.26. The predicted octanol–water partition coefficient (Wildman–Crippen LogP) is 2.62. The summed E-state index contributed by atoms with van der Waals surface area (Å²) in [4.78, 5) is 14.8. The van der Waals surface area contributed by atoms with Gasteiger partial charge in [0.1, 0.15) is 0 Å². The van der Waals surface area contributed by atoms with Gasteiger partial charge < -0.3 is 5.32 Å². The molecule has 1 aliphatic heterocycles. The van der Waals surface area contributed by atoms with Gasteiger partial charge in [-0.3, -0.25) is 9.69 Å². The predicted molar refractivity (Wildman–Crippen MR) is 110 cm³/mol. The third-order valence-corrected chi connectivity index (χ3v) is 6.28. The number of nitrogens with one attached hydrogen (secondary N) is 1. The highest BCUT2D eigenvalue weighted by atomic mass is 32.2. The van der Waals surface area contributed by atoms with E-state index in [1.165, 1.54) is 17.7 Å². The Balaban J connectivity index is 1.53. The summed E-state index contributed by atoms with van der Waals surface area (Å²) >= 11 is 0. The smallest absolute Gasteiger partial charge is 0.241 e. The first-order valence-electron chi connectivity index (χ1n) is 9.54. The van der Waals surface area contributed by atoms with Gasteiger partial charge in [-0.05, 0) is 69.0 Å². The zero-order chi connectivity index (χ0) is 20.1. The normalized spacial score (nSPS) is 17.2. The molecule has 6 nitrogen and oxygen atoms in total. The fourth-order valence-corrected chi connectivity index (χ4v) is 4.21. The summed E-state index contributed by atoms with van der Waals surface area (Å²) in [5.41, 5.74) is 1.80. The maximum absolute atomic E-state index is 12.6. The van der Waals surface area contributed by atoms with Crippen molar-refractivity contribution >= 4 is 21.6 Å². The number of carbonyl (C=O) groups is 1. The first kappa shape index (κ1) is 20.5. The van der Waals surface area contributed by atoms with Crippen LogP contribution in [0.5, 0.6) is 0 Å². The van der Waals surface area contributed by atoms with Crippen LogP contribution in [0.15, 0.2) is 59.5 Å². The van der Waals surface area contributed by atoms with E-state index in [9.17, 15) is 13.2 Å². The van der Waals surface area contributed by atoms with Gasteiger partial charge in [0.2, 0.25) is 15.9 Å². The van der Waals surface area contributed by atoms with Crippen LogP contribution >= 0.6 is 0 Å². The molecule has 1 amide bonds. The molecule has 0 saturated carbocycles. The molecule has 1 fully saturated rings. The summed E-state index contributed by atoms with van der Waals surface area (Å²) in [6, 6.07) is 16.2. The molecule has 2 aromatic rings. The van der Waals surface area contributed by atoms with Crippen molar-refractivity contribution in [2.45, 2.75) is 37.1 Å². The summed E-state index contributed by atoms with van der Waals surface area (Å²) in [5, 5.41) is 7.95. The molecule has 28 heavy (non-hydrogen) atoms. The molecule has 1 atom stereocenters.